The highest BCUT2D eigenvalue weighted by Crippen LogP contribution is 2.26. The number of nitrogens with two attached hydrogens (primary N) is 2. The molecule has 0 radical (unpaired) electrons. The fourth-order valence-electron chi connectivity index (χ4n) is 1.04. The van der Waals surface area contributed by atoms with Crippen molar-refractivity contribution in [2.24, 2.45) is 0 Å². The van der Waals surface area contributed by atoms with Gasteiger partial charge in [0.2, 0.25) is 5.95 Å². The van der Waals surface area contributed by atoms with Gasteiger partial charge in [-0.15, -0.1) is 0 Å². The van der Waals surface area contributed by atoms with Crippen LogP contribution in [0.15, 0.2) is 40.5 Å². The first-order chi connectivity index (χ1) is 7.24. The lowest BCUT2D eigenvalue weighted by Gasteiger charge is -2.02. The van der Waals surface area contributed by atoms with E-state index in [1.807, 2.05) is 12.1 Å². The highest BCUT2D eigenvalue weighted by Gasteiger charge is 2.01. The van der Waals surface area contributed by atoms with Crippen molar-refractivity contribution in [2.45, 2.75) is 9.92 Å². The second-order valence-corrected chi connectivity index (χ2v) is 3.87. The van der Waals surface area contributed by atoms with Crippen LogP contribution in [0.4, 0.5) is 11.8 Å². The number of rotatable bonds is 2. The minimum Gasteiger partial charge on any atom is -0.383 e. The normalized spacial score (nSPS) is 10.1. The molecule has 0 spiro atoms. The molecule has 0 aromatic carbocycles. The van der Waals surface area contributed by atoms with Gasteiger partial charge in [0.1, 0.15) is 10.8 Å². The Kier molecular flexibility index (Phi) is 2.68. The second-order valence-electron chi connectivity index (χ2n) is 2.77. The van der Waals surface area contributed by atoms with Crippen LogP contribution in [-0.2, 0) is 0 Å². The summed E-state index contributed by atoms with van der Waals surface area (Å²) in [6.07, 6.45) is 3.44. The van der Waals surface area contributed by atoms with Crippen LogP contribution in [0, 0.1) is 0 Å². The topological polar surface area (TPSA) is 90.7 Å². The van der Waals surface area contributed by atoms with Crippen LogP contribution in [0.3, 0.4) is 0 Å². The van der Waals surface area contributed by atoms with Gasteiger partial charge in [0.15, 0.2) is 0 Å². The SMILES string of the molecule is Nc1cc(Sc2ccncc2)nc(N)n1. The lowest BCUT2D eigenvalue weighted by Crippen LogP contribution is -1.99. The summed E-state index contributed by atoms with van der Waals surface area (Å²) in [5.41, 5.74) is 11.0. The van der Waals surface area contributed by atoms with E-state index in [4.69, 9.17) is 11.5 Å². The smallest absolute Gasteiger partial charge is 0.223 e. The Morgan fingerprint density at radius 3 is 2.47 bits per heavy atom. The van der Waals surface area contributed by atoms with E-state index < -0.39 is 0 Å². The molecule has 15 heavy (non-hydrogen) atoms. The number of aromatic nitrogens is 3. The third-order valence-corrected chi connectivity index (χ3v) is 2.54. The van der Waals surface area contributed by atoms with E-state index in [1.165, 1.54) is 11.8 Å². The van der Waals surface area contributed by atoms with Gasteiger partial charge < -0.3 is 11.5 Å². The molecule has 4 N–H and O–H groups in total. The van der Waals surface area contributed by atoms with E-state index >= 15 is 0 Å². The van der Waals surface area contributed by atoms with Gasteiger partial charge in [0.25, 0.3) is 0 Å². The fourth-order valence-corrected chi connectivity index (χ4v) is 1.86. The highest BCUT2D eigenvalue weighted by molar-refractivity contribution is 7.99. The molecule has 2 heterocycles. The first-order valence-electron chi connectivity index (χ1n) is 4.22. The Hall–Kier alpha value is -1.82. The van der Waals surface area contributed by atoms with Crippen LogP contribution in [-0.4, -0.2) is 15.0 Å². The van der Waals surface area contributed by atoms with Gasteiger partial charge in [-0.05, 0) is 12.1 Å². The average Bonchev–Trinajstić information content (AvgIpc) is 2.17. The zero-order valence-electron chi connectivity index (χ0n) is 7.79. The zero-order chi connectivity index (χ0) is 10.7. The van der Waals surface area contributed by atoms with Crippen molar-refractivity contribution in [3.8, 4) is 0 Å². The van der Waals surface area contributed by atoms with E-state index in [0.29, 0.717) is 5.82 Å². The second kappa shape index (κ2) is 4.14. The first-order valence-corrected chi connectivity index (χ1v) is 5.03. The van der Waals surface area contributed by atoms with Gasteiger partial charge in [-0.3, -0.25) is 4.98 Å². The van der Waals surface area contributed by atoms with Crippen molar-refractivity contribution in [2.75, 3.05) is 11.5 Å². The largest absolute Gasteiger partial charge is 0.383 e. The number of anilines is 2. The van der Waals surface area contributed by atoms with E-state index in [-0.39, 0.29) is 5.95 Å². The molecule has 6 heteroatoms. The molecule has 0 saturated heterocycles. The van der Waals surface area contributed by atoms with Crippen LogP contribution in [0.5, 0.6) is 0 Å². The molecule has 0 aliphatic carbocycles. The third kappa shape index (κ3) is 2.57. The molecule has 0 unspecified atom stereocenters. The minimum atomic E-state index is 0.187. The quantitative estimate of drug-likeness (QED) is 0.737. The number of hydrogen-bond donors (Lipinski definition) is 2. The summed E-state index contributed by atoms with van der Waals surface area (Å²) in [4.78, 5) is 12.8. The molecule has 0 saturated carbocycles. The average molecular weight is 219 g/mol. The van der Waals surface area contributed by atoms with Gasteiger partial charge in [0, 0.05) is 23.4 Å². The van der Waals surface area contributed by atoms with Crippen LogP contribution in [0.25, 0.3) is 0 Å². The monoisotopic (exact) mass is 219 g/mol. The number of nitrogens with zero attached hydrogens (tertiary/aromatic N) is 3. The number of pyridine rings is 1. The van der Waals surface area contributed by atoms with E-state index in [2.05, 4.69) is 15.0 Å². The van der Waals surface area contributed by atoms with Gasteiger partial charge in [-0.25, -0.2) is 4.98 Å². The fraction of sp³-hybridized carbons (Fsp3) is 0. The molecule has 2 aromatic heterocycles. The van der Waals surface area contributed by atoms with Gasteiger partial charge in [-0.2, -0.15) is 4.98 Å². The molecular weight excluding hydrogens is 210 g/mol. The van der Waals surface area contributed by atoms with Crippen molar-refractivity contribution in [1.29, 1.82) is 0 Å². The molecule has 2 aromatic rings. The van der Waals surface area contributed by atoms with Crippen LogP contribution < -0.4 is 11.5 Å². The van der Waals surface area contributed by atoms with Gasteiger partial charge >= 0.3 is 0 Å². The molecule has 2 rings (SSSR count). The molecular formula is C9H9N5S. The van der Waals surface area contributed by atoms with Crippen molar-refractivity contribution < 1.29 is 0 Å². The molecule has 0 amide bonds. The van der Waals surface area contributed by atoms with E-state index in [0.717, 1.165) is 9.92 Å². The molecule has 0 aliphatic rings. The molecule has 76 valence electrons. The van der Waals surface area contributed by atoms with Crippen LogP contribution in [0.1, 0.15) is 0 Å². The summed E-state index contributed by atoms with van der Waals surface area (Å²) >= 11 is 1.46. The Balaban J connectivity index is 2.25. The predicted molar refractivity (Wildman–Crippen MR) is 59.2 cm³/mol. The van der Waals surface area contributed by atoms with Crippen LogP contribution >= 0.6 is 11.8 Å². The minimum absolute atomic E-state index is 0.187. The lowest BCUT2D eigenvalue weighted by atomic mass is 10.5. The third-order valence-electron chi connectivity index (χ3n) is 1.61. The highest BCUT2D eigenvalue weighted by atomic mass is 32.2. The summed E-state index contributed by atoms with van der Waals surface area (Å²) in [5, 5.41) is 0.728. The Morgan fingerprint density at radius 1 is 1.07 bits per heavy atom. The standard InChI is InChI=1S/C9H9N5S/c10-7-5-8(14-9(11)13-7)15-6-1-3-12-4-2-6/h1-5H,(H4,10,11,13,14). The van der Waals surface area contributed by atoms with Crippen molar-refractivity contribution in [3.63, 3.8) is 0 Å². The van der Waals surface area contributed by atoms with Crippen molar-refractivity contribution in [3.05, 3.63) is 30.6 Å². The maximum atomic E-state index is 5.56. The molecule has 0 fully saturated rings. The lowest BCUT2D eigenvalue weighted by molar-refractivity contribution is 1.07. The summed E-state index contributed by atoms with van der Waals surface area (Å²) in [6, 6.07) is 5.46. The van der Waals surface area contributed by atoms with E-state index in [1.54, 1.807) is 18.5 Å². The molecule has 0 atom stereocenters. The van der Waals surface area contributed by atoms with Gasteiger partial charge in [0.05, 0.1) is 0 Å². The van der Waals surface area contributed by atoms with E-state index in [9.17, 15) is 0 Å². The van der Waals surface area contributed by atoms with Gasteiger partial charge in [-0.1, -0.05) is 11.8 Å². The molecule has 5 nitrogen and oxygen atoms in total. The predicted octanol–water partition coefficient (Wildman–Crippen LogP) is 1.19. The van der Waals surface area contributed by atoms with Crippen molar-refractivity contribution in [1.82, 2.24) is 15.0 Å². The summed E-state index contributed by atoms with van der Waals surface area (Å²) in [5.74, 6) is 0.561. The van der Waals surface area contributed by atoms with Crippen LogP contribution in [0.2, 0.25) is 0 Å². The summed E-state index contributed by atoms with van der Waals surface area (Å²) in [7, 11) is 0. The summed E-state index contributed by atoms with van der Waals surface area (Å²) < 4.78 is 0. The molecule has 0 bridgehead atoms. The molecule has 0 aliphatic heterocycles. The zero-order valence-corrected chi connectivity index (χ0v) is 8.61. The maximum Gasteiger partial charge on any atom is 0.223 e. The number of nitrogen functional groups attached to an aromatic ring is 2. The number of hydrogen-bond acceptors (Lipinski definition) is 6. The Bertz CT molecular complexity index is 439. The first kappa shape index (κ1) is 9.72. The Morgan fingerprint density at radius 2 is 1.80 bits per heavy atom. The maximum absolute atomic E-state index is 5.56. The van der Waals surface area contributed by atoms with Crippen molar-refractivity contribution >= 4 is 23.5 Å². The summed E-state index contributed by atoms with van der Waals surface area (Å²) in [6.45, 7) is 0. The Labute approximate surface area is 91.0 Å².